The van der Waals surface area contributed by atoms with Crippen LogP contribution in [0.1, 0.15) is 31.9 Å². The summed E-state index contributed by atoms with van der Waals surface area (Å²) in [6.07, 6.45) is 1.64. The lowest BCUT2D eigenvalue weighted by atomic mass is 9.84. The van der Waals surface area contributed by atoms with Crippen molar-refractivity contribution >= 4 is 0 Å². The zero-order chi connectivity index (χ0) is 13.2. The quantitative estimate of drug-likeness (QED) is 0.811. The Bertz CT molecular complexity index is 594. The highest BCUT2D eigenvalue weighted by Crippen LogP contribution is 2.25. The molecule has 0 radical (unpaired) electrons. The van der Waals surface area contributed by atoms with Gasteiger partial charge in [-0.05, 0) is 22.6 Å². The van der Waals surface area contributed by atoms with E-state index in [0.29, 0.717) is 6.54 Å². The summed E-state index contributed by atoms with van der Waals surface area (Å²) in [5, 5.41) is 4.10. The van der Waals surface area contributed by atoms with E-state index in [9.17, 15) is 4.79 Å². The van der Waals surface area contributed by atoms with Gasteiger partial charge in [0.1, 0.15) is 0 Å². The molecule has 0 N–H and O–H groups in total. The van der Waals surface area contributed by atoms with Crippen LogP contribution in [-0.2, 0) is 12.0 Å². The van der Waals surface area contributed by atoms with Crippen LogP contribution in [0.4, 0.5) is 0 Å². The van der Waals surface area contributed by atoms with Gasteiger partial charge in [0.05, 0.1) is 6.54 Å². The van der Waals surface area contributed by atoms with Crippen molar-refractivity contribution in [1.82, 2.24) is 9.78 Å². The van der Waals surface area contributed by atoms with E-state index in [4.69, 9.17) is 0 Å². The van der Waals surface area contributed by atoms with E-state index in [0.717, 1.165) is 5.56 Å². The Morgan fingerprint density at radius 2 is 1.83 bits per heavy atom. The third-order valence-electron chi connectivity index (χ3n) is 2.93. The molecule has 0 unspecified atom stereocenters. The Labute approximate surface area is 107 Å². The van der Waals surface area contributed by atoms with E-state index in [1.165, 1.54) is 16.3 Å². The SMILES string of the molecule is CC(C)(C)c1ccccc1Cn1ncccc1=O. The molecule has 0 aliphatic carbocycles. The van der Waals surface area contributed by atoms with E-state index in [2.05, 4.69) is 38.0 Å². The smallest absolute Gasteiger partial charge is 0.267 e. The fourth-order valence-electron chi connectivity index (χ4n) is 2.06. The van der Waals surface area contributed by atoms with Crippen LogP contribution in [0.3, 0.4) is 0 Å². The second kappa shape index (κ2) is 4.77. The number of benzene rings is 1. The summed E-state index contributed by atoms with van der Waals surface area (Å²) < 4.78 is 1.49. The van der Waals surface area contributed by atoms with Gasteiger partial charge >= 0.3 is 0 Å². The minimum absolute atomic E-state index is 0.0645. The van der Waals surface area contributed by atoms with Gasteiger partial charge in [0, 0.05) is 12.3 Å². The van der Waals surface area contributed by atoms with Crippen molar-refractivity contribution < 1.29 is 0 Å². The highest BCUT2D eigenvalue weighted by molar-refractivity contribution is 5.32. The Balaban J connectivity index is 2.42. The van der Waals surface area contributed by atoms with Crippen LogP contribution in [0, 0.1) is 0 Å². The van der Waals surface area contributed by atoms with Crippen molar-refractivity contribution in [3.8, 4) is 0 Å². The lowest BCUT2D eigenvalue weighted by molar-refractivity contribution is 0.565. The molecule has 2 aromatic rings. The van der Waals surface area contributed by atoms with Crippen molar-refractivity contribution in [2.75, 3.05) is 0 Å². The Morgan fingerprint density at radius 3 is 2.50 bits per heavy atom. The second-order valence-electron chi connectivity index (χ2n) is 5.43. The molecule has 0 saturated carbocycles. The predicted molar refractivity (Wildman–Crippen MR) is 72.7 cm³/mol. The average Bonchev–Trinajstić information content (AvgIpc) is 2.31. The van der Waals surface area contributed by atoms with Crippen LogP contribution in [-0.4, -0.2) is 9.78 Å². The summed E-state index contributed by atoms with van der Waals surface area (Å²) in [6.45, 7) is 7.04. The fraction of sp³-hybridized carbons (Fsp3) is 0.333. The zero-order valence-corrected chi connectivity index (χ0v) is 11.1. The number of hydrogen-bond donors (Lipinski definition) is 0. The lowest BCUT2D eigenvalue weighted by Crippen LogP contribution is -2.24. The van der Waals surface area contributed by atoms with Crippen molar-refractivity contribution in [2.24, 2.45) is 0 Å². The summed E-state index contributed by atoms with van der Waals surface area (Å²) in [4.78, 5) is 11.7. The van der Waals surface area contributed by atoms with Gasteiger partial charge < -0.3 is 0 Å². The molecule has 1 aromatic heterocycles. The minimum atomic E-state index is -0.0683. The van der Waals surface area contributed by atoms with Crippen LogP contribution in [0.25, 0.3) is 0 Å². The van der Waals surface area contributed by atoms with Crippen LogP contribution in [0.15, 0.2) is 47.4 Å². The molecule has 3 nitrogen and oxygen atoms in total. The highest BCUT2D eigenvalue weighted by atomic mass is 16.1. The van der Waals surface area contributed by atoms with Crippen molar-refractivity contribution in [3.63, 3.8) is 0 Å². The molecule has 18 heavy (non-hydrogen) atoms. The maximum absolute atomic E-state index is 11.7. The summed E-state index contributed by atoms with van der Waals surface area (Å²) in [6, 6.07) is 11.4. The molecule has 0 aliphatic heterocycles. The van der Waals surface area contributed by atoms with Crippen molar-refractivity contribution in [1.29, 1.82) is 0 Å². The van der Waals surface area contributed by atoms with E-state index in [1.54, 1.807) is 12.3 Å². The molecular formula is C15H18N2O. The van der Waals surface area contributed by atoms with Gasteiger partial charge in [0.2, 0.25) is 0 Å². The first-order valence-corrected chi connectivity index (χ1v) is 6.09. The molecule has 0 amide bonds. The topological polar surface area (TPSA) is 34.9 Å². The Kier molecular flexibility index (Phi) is 3.32. The van der Waals surface area contributed by atoms with Crippen molar-refractivity contribution in [2.45, 2.75) is 32.7 Å². The molecule has 1 aromatic carbocycles. The minimum Gasteiger partial charge on any atom is -0.268 e. The number of aromatic nitrogens is 2. The van der Waals surface area contributed by atoms with Gasteiger partial charge in [-0.2, -0.15) is 5.10 Å². The molecule has 0 saturated heterocycles. The molecule has 0 fully saturated rings. The standard InChI is InChI=1S/C15H18N2O/c1-15(2,3)13-8-5-4-7-12(13)11-17-14(18)9-6-10-16-17/h4-10H,11H2,1-3H3. The van der Waals surface area contributed by atoms with E-state index >= 15 is 0 Å². The molecule has 0 atom stereocenters. The summed E-state index contributed by atoms with van der Waals surface area (Å²) in [5.74, 6) is 0. The van der Waals surface area contributed by atoms with E-state index < -0.39 is 0 Å². The predicted octanol–water partition coefficient (Wildman–Crippen LogP) is 2.59. The first kappa shape index (κ1) is 12.6. The van der Waals surface area contributed by atoms with Gasteiger partial charge in [0.15, 0.2) is 0 Å². The molecule has 1 heterocycles. The monoisotopic (exact) mass is 242 g/mol. The maximum atomic E-state index is 11.7. The summed E-state index contributed by atoms with van der Waals surface area (Å²) >= 11 is 0. The third-order valence-corrected chi connectivity index (χ3v) is 2.93. The molecule has 0 aliphatic rings. The number of hydrogen-bond acceptors (Lipinski definition) is 2. The van der Waals surface area contributed by atoms with Gasteiger partial charge in [-0.3, -0.25) is 4.79 Å². The summed E-state index contributed by atoms with van der Waals surface area (Å²) in [5.41, 5.74) is 2.39. The highest BCUT2D eigenvalue weighted by Gasteiger charge is 2.17. The van der Waals surface area contributed by atoms with Crippen LogP contribution >= 0.6 is 0 Å². The summed E-state index contributed by atoms with van der Waals surface area (Å²) in [7, 11) is 0. The largest absolute Gasteiger partial charge is 0.268 e. The number of rotatable bonds is 2. The maximum Gasteiger partial charge on any atom is 0.267 e. The first-order valence-electron chi connectivity index (χ1n) is 6.09. The van der Waals surface area contributed by atoms with Gasteiger partial charge in [-0.1, -0.05) is 45.0 Å². The van der Waals surface area contributed by atoms with E-state index in [1.807, 2.05) is 12.1 Å². The first-order chi connectivity index (χ1) is 8.48. The molecule has 94 valence electrons. The normalized spacial score (nSPS) is 11.5. The Hall–Kier alpha value is -1.90. The molecule has 0 spiro atoms. The van der Waals surface area contributed by atoms with Crippen LogP contribution < -0.4 is 5.56 Å². The third kappa shape index (κ3) is 2.67. The average molecular weight is 242 g/mol. The van der Waals surface area contributed by atoms with Crippen LogP contribution in [0.5, 0.6) is 0 Å². The van der Waals surface area contributed by atoms with Crippen LogP contribution in [0.2, 0.25) is 0 Å². The molecule has 0 bridgehead atoms. The lowest BCUT2D eigenvalue weighted by Gasteiger charge is -2.22. The van der Waals surface area contributed by atoms with Gasteiger partial charge in [0.25, 0.3) is 5.56 Å². The Morgan fingerprint density at radius 1 is 1.11 bits per heavy atom. The second-order valence-corrected chi connectivity index (χ2v) is 5.43. The molecule has 2 rings (SSSR count). The fourth-order valence-corrected chi connectivity index (χ4v) is 2.06. The van der Waals surface area contributed by atoms with Gasteiger partial charge in [-0.15, -0.1) is 0 Å². The molecule has 3 heteroatoms. The van der Waals surface area contributed by atoms with E-state index in [-0.39, 0.29) is 11.0 Å². The van der Waals surface area contributed by atoms with Crippen molar-refractivity contribution in [3.05, 3.63) is 64.1 Å². The van der Waals surface area contributed by atoms with Gasteiger partial charge in [-0.25, -0.2) is 4.68 Å². The molecular weight excluding hydrogens is 224 g/mol. The number of nitrogens with zero attached hydrogens (tertiary/aromatic N) is 2. The zero-order valence-electron chi connectivity index (χ0n) is 11.1.